The molecule has 0 bridgehead atoms. The average Bonchev–Trinajstić information content (AvgIpc) is 3.09. The molecule has 3 aliphatic rings. The number of carbonyl (C=O) groups excluding carboxylic acids is 2. The van der Waals surface area contributed by atoms with Gasteiger partial charge in [-0.2, -0.15) is 0 Å². The molecule has 1 saturated carbocycles. The zero-order chi connectivity index (χ0) is 16.2. The van der Waals surface area contributed by atoms with Gasteiger partial charge in [-0.05, 0) is 39.0 Å². The third-order valence-electron chi connectivity index (χ3n) is 5.87. The Morgan fingerprint density at radius 3 is 2.17 bits per heavy atom. The van der Waals surface area contributed by atoms with Crippen LogP contribution in [0.5, 0.6) is 0 Å². The van der Waals surface area contributed by atoms with Crippen molar-refractivity contribution in [2.24, 2.45) is 5.92 Å². The predicted molar refractivity (Wildman–Crippen MR) is 90.0 cm³/mol. The molecule has 5 nitrogen and oxygen atoms in total. The molecule has 23 heavy (non-hydrogen) atoms. The van der Waals surface area contributed by atoms with Gasteiger partial charge >= 0.3 is 0 Å². The standard InChI is InChI=1S/C18H31N3O2/c1-15-6-4-5-9-21(15)17(22)14-19-10-12-20(13-11-19)18(23)16-7-2-3-8-16/h15-16H,2-14H2,1H3. The minimum absolute atomic E-state index is 0.271. The van der Waals surface area contributed by atoms with Gasteiger partial charge in [-0.25, -0.2) is 0 Å². The van der Waals surface area contributed by atoms with Gasteiger partial charge in [0.2, 0.25) is 11.8 Å². The number of carbonyl (C=O) groups is 2. The Morgan fingerprint density at radius 2 is 1.52 bits per heavy atom. The van der Waals surface area contributed by atoms with E-state index in [4.69, 9.17) is 0 Å². The quantitative estimate of drug-likeness (QED) is 0.795. The summed E-state index contributed by atoms with van der Waals surface area (Å²) in [5.41, 5.74) is 0. The molecule has 0 aromatic carbocycles. The van der Waals surface area contributed by atoms with Crippen LogP contribution < -0.4 is 0 Å². The van der Waals surface area contributed by atoms with Crippen molar-refractivity contribution in [1.82, 2.24) is 14.7 Å². The number of nitrogens with zero attached hydrogens (tertiary/aromatic N) is 3. The van der Waals surface area contributed by atoms with Crippen molar-refractivity contribution in [3.63, 3.8) is 0 Å². The number of rotatable bonds is 3. The molecule has 0 aromatic heterocycles. The van der Waals surface area contributed by atoms with Gasteiger partial charge < -0.3 is 9.80 Å². The van der Waals surface area contributed by atoms with Crippen LogP contribution in [0.1, 0.15) is 51.9 Å². The monoisotopic (exact) mass is 321 g/mol. The third-order valence-corrected chi connectivity index (χ3v) is 5.87. The molecule has 0 radical (unpaired) electrons. The molecule has 0 aromatic rings. The Bertz CT molecular complexity index is 426. The summed E-state index contributed by atoms with van der Waals surface area (Å²) in [5, 5.41) is 0. The maximum absolute atomic E-state index is 12.5. The molecule has 2 amide bonds. The van der Waals surface area contributed by atoms with Crippen molar-refractivity contribution >= 4 is 11.8 Å². The van der Waals surface area contributed by atoms with E-state index in [2.05, 4.69) is 16.7 Å². The van der Waals surface area contributed by atoms with Gasteiger partial charge in [0.05, 0.1) is 6.54 Å². The van der Waals surface area contributed by atoms with Crippen molar-refractivity contribution in [3.8, 4) is 0 Å². The molecule has 2 saturated heterocycles. The Kier molecular flexibility index (Phi) is 5.57. The van der Waals surface area contributed by atoms with Gasteiger partial charge in [0.25, 0.3) is 0 Å². The van der Waals surface area contributed by atoms with Crippen molar-refractivity contribution < 1.29 is 9.59 Å². The largest absolute Gasteiger partial charge is 0.340 e. The lowest BCUT2D eigenvalue weighted by Gasteiger charge is -2.38. The summed E-state index contributed by atoms with van der Waals surface area (Å²) < 4.78 is 0. The summed E-state index contributed by atoms with van der Waals surface area (Å²) in [7, 11) is 0. The van der Waals surface area contributed by atoms with Gasteiger partial charge in [0, 0.05) is 44.7 Å². The van der Waals surface area contributed by atoms with Crippen LogP contribution >= 0.6 is 0 Å². The molecule has 0 N–H and O–H groups in total. The van der Waals surface area contributed by atoms with Crippen molar-refractivity contribution in [1.29, 1.82) is 0 Å². The SMILES string of the molecule is CC1CCCCN1C(=O)CN1CCN(C(=O)C2CCCC2)CC1. The molecule has 3 rings (SSSR count). The maximum Gasteiger partial charge on any atom is 0.236 e. The van der Waals surface area contributed by atoms with E-state index in [1.54, 1.807) is 0 Å². The minimum atomic E-state index is 0.271. The zero-order valence-corrected chi connectivity index (χ0v) is 14.5. The average molecular weight is 321 g/mol. The highest BCUT2D eigenvalue weighted by Gasteiger charge is 2.31. The van der Waals surface area contributed by atoms with E-state index >= 15 is 0 Å². The van der Waals surface area contributed by atoms with Gasteiger partial charge in [-0.3, -0.25) is 14.5 Å². The summed E-state index contributed by atoms with van der Waals surface area (Å²) in [6.07, 6.45) is 8.08. The lowest BCUT2D eigenvalue weighted by molar-refractivity contribution is -0.139. The molecule has 3 fully saturated rings. The van der Waals surface area contributed by atoms with Gasteiger partial charge in [0.1, 0.15) is 0 Å². The van der Waals surface area contributed by atoms with Crippen LogP contribution in [0.3, 0.4) is 0 Å². The number of likely N-dealkylation sites (tertiary alicyclic amines) is 1. The van der Waals surface area contributed by atoms with Gasteiger partial charge in [-0.15, -0.1) is 0 Å². The summed E-state index contributed by atoms with van der Waals surface area (Å²) >= 11 is 0. The predicted octanol–water partition coefficient (Wildman–Crippen LogP) is 1.72. The summed E-state index contributed by atoms with van der Waals surface area (Å²) in [6, 6.07) is 0.390. The van der Waals surface area contributed by atoms with E-state index in [1.165, 1.54) is 19.3 Å². The fourth-order valence-electron chi connectivity index (χ4n) is 4.31. The number of hydrogen-bond donors (Lipinski definition) is 0. The second kappa shape index (κ2) is 7.65. The second-order valence-electron chi connectivity index (χ2n) is 7.51. The molecule has 5 heteroatoms. The minimum Gasteiger partial charge on any atom is -0.340 e. The normalized spacial score (nSPS) is 27.4. The van der Waals surface area contributed by atoms with Crippen LogP contribution in [0.2, 0.25) is 0 Å². The van der Waals surface area contributed by atoms with E-state index in [0.29, 0.717) is 18.5 Å². The summed E-state index contributed by atoms with van der Waals surface area (Å²) in [5.74, 6) is 0.906. The smallest absolute Gasteiger partial charge is 0.236 e. The molecule has 1 aliphatic carbocycles. The Hall–Kier alpha value is -1.10. The Labute approximate surface area is 140 Å². The molecule has 2 heterocycles. The van der Waals surface area contributed by atoms with Crippen molar-refractivity contribution in [2.75, 3.05) is 39.3 Å². The number of piperazine rings is 1. The highest BCUT2D eigenvalue weighted by molar-refractivity contribution is 5.80. The van der Waals surface area contributed by atoms with Crippen LogP contribution in [0.4, 0.5) is 0 Å². The molecule has 1 unspecified atom stereocenters. The van der Waals surface area contributed by atoms with Crippen LogP contribution in [0, 0.1) is 5.92 Å². The van der Waals surface area contributed by atoms with Gasteiger partial charge in [0.15, 0.2) is 0 Å². The highest BCUT2D eigenvalue weighted by Crippen LogP contribution is 2.27. The van der Waals surface area contributed by atoms with E-state index in [9.17, 15) is 9.59 Å². The Balaban J connectivity index is 1.43. The van der Waals surface area contributed by atoms with Crippen LogP contribution in [0.15, 0.2) is 0 Å². The van der Waals surface area contributed by atoms with E-state index in [-0.39, 0.29) is 11.8 Å². The van der Waals surface area contributed by atoms with E-state index in [1.807, 2.05) is 4.90 Å². The first-order valence-corrected chi connectivity index (χ1v) is 9.46. The third kappa shape index (κ3) is 4.06. The molecular weight excluding hydrogens is 290 g/mol. The molecule has 2 aliphatic heterocycles. The van der Waals surface area contributed by atoms with Crippen molar-refractivity contribution in [2.45, 2.75) is 57.9 Å². The second-order valence-corrected chi connectivity index (χ2v) is 7.51. The molecule has 130 valence electrons. The number of amides is 2. The lowest BCUT2D eigenvalue weighted by Crippen LogP contribution is -2.53. The fourth-order valence-corrected chi connectivity index (χ4v) is 4.31. The first kappa shape index (κ1) is 16.7. The van der Waals surface area contributed by atoms with Crippen LogP contribution in [0.25, 0.3) is 0 Å². The molecular formula is C18H31N3O2. The maximum atomic E-state index is 12.5. The Morgan fingerprint density at radius 1 is 0.870 bits per heavy atom. The summed E-state index contributed by atoms with van der Waals surface area (Å²) in [6.45, 7) is 6.86. The first-order chi connectivity index (χ1) is 11.1. The first-order valence-electron chi connectivity index (χ1n) is 9.46. The van der Waals surface area contributed by atoms with Gasteiger partial charge in [-0.1, -0.05) is 12.8 Å². The zero-order valence-electron chi connectivity index (χ0n) is 14.5. The van der Waals surface area contributed by atoms with Crippen LogP contribution in [-0.4, -0.2) is 71.8 Å². The lowest BCUT2D eigenvalue weighted by atomic mass is 10.0. The highest BCUT2D eigenvalue weighted by atomic mass is 16.2. The van der Waals surface area contributed by atoms with E-state index in [0.717, 1.165) is 58.4 Å². The number of hydrogen-bond acceptors (Lipinski definition) is 3. The fraction of sp³-hybridized carbons (Fsp3) is 0.889. The molecule has 1 atom stereocenters. The van der Waals surface area contributed by atoms with Crippen molar-refractivity contribution in [3.05, 3.63) is 0 Å². The topological polar surface area (TPSA) is 43.9 Å². The number of piperidine rings is 1. The van der Waals surface area contributed by atoms with Crippen LogP contribution in [-0.2, 0) is 9.59 Å². The summed E-state index contributed by atoms with van der Waals surface area (Å²) in [4.78, 5) is 31.3. The van der Waals surface area contributed by atoms with E-state index < -0.39 is 0 Å². The molecule has 0 spiro atoms.